The summed E-state index contributed by atoms with van der Waals surface area (Å²) in [6.45, 7) is 0.967. The Morgan fingerprint density at radius 3 is 2.85 bits per heavy atom. The summed E-state index contributed by atoms with van der Waals surface area (Å²) in [4.78, 5) is 12.3. The van der Waals surface area contributed by atoms with Gasteiger partial charge in [-0.3, -0.25) is 4.79 Å². The Morgan fingerprint density at radius 2 is 2.25 bits per heavy atom. The lowest BCUT2D eigenvalue weighted by molar-refractivity contribution is -0.148. The fraction of sp³-hybridized carbons (Fsp3) is 0.583. The van der Waals surface area contributed by atoms with Crippen molar-refractivity contribution in [1.29, 1.82) is 0 Å². The van der Waals surface area contributed by atoms with Gasteiger partial charge in [-0.2, -0.15) is 0 Å². The Kier molecular flexibility index (Phi) is 5.42. The number of ether oxygens (including phenoxy) is 2. The standard InChI is InChI=1S/C12H15ClO5S2/c13-20(15,16)12-5-4-10(19-12)7-11(14)18-8-9-3-1-2-6-17-9/h4-5,9H,1-3,6-8H2. The largest absolute Gasteiger partial charge is 0.463 e. The molecule has 112 valence electrons. The first-order chi connectivity index (χ1) is 9.45. The van der Waals surface area contributed by atoms with Crippen molar-refractivity contribution in [3.63, 3.8) is 0 Å². The molecule has 1 fully saturated rings. The van der Waals surface area contributed by atoms with Crippen LogP contribution >= 0.6 is 22.0 Å². The minimum atomic E-state index is -3.73. The molecule has 2 heterocycles. The van der Waals surface area contributed by atoms with Crippen molar-refractivity contribution in [1.82, 2.24) is 0 Å². The van der Waals surface area contributed by atoms with Crippen LogP contribution < -0.4 is 0 Å². The van der Waals surface area contributed by atoms with Crippen LogP contribution in [-0.4, -0.2) is 33.7 Å². The van der Waals surface area contributed by atoms with Crippen molar-refractivity contribution >= 4 is 37.0 Å². The van der Waals surface area contributed by atoms with Crippen LogP contribution in [0.15, 0.2) is 16.3 Å². The molecule has 5 nitrogen and oxygen atoms in total. The molecule has 0 amide bonds. The lowest BCUT2D eigenvalue weighted by Crippen LogP contribution is -2.26. The summed E-state index contributed by atoms with van der Waals surface area (Å²) >= 11 is 0.978. The van der Waals surface area contributed by atoms with Gasteiger partial charge in [-0.15, -0.1) is 11.3 Å². The molecule has 1 saturated heterocycles. The SMILES string of the molecule is O=C(Cc1ccc(S(=O)(=O)Cl)s1)OCC1CCCCO1. The van der Waals surface area contributed by atoms with Gasteiger partial charge in [-0.1, -0.05) is 0 Å². The highest BCUT2D eigenvalue weighted by atomic mass is 35.7. The van der Waals surface area contributed by atoms with Gasteiger partial charge in [0.25, 0.3) is 9.05 Å². The number of thiophene rings is 1. The predicted molar refractivity (Wildman–Crippen MR) is 75.6 cm³/mol. The van der Waals surface area contributed by atoms with E-state index in [-0.39, 0.29) is 29.3 Å². The third kappa shape index (κ3) is 4.73. The zero-order valence-corrected chi connectivity index (χ0v) is 13.1. The molecule has 8 heteroatoms. The van der Waals surface area contributed by atoms with Crippen molar-refractivity contribution in [2.75, 3.05) is 13.2 Å². The summed E-state index contributed by atoms with van der Waals surface area (Å²) in [6, 6.07) is 2.96. The van der Waals surface area contributed by atoms with Crippen molar-refractivity contribution in [3.05, 3.63) is 17.0 Å². The van der Waals surface area contributed by atoms with Crippen LogP contribution in [0.5, 0.6) is 0 Å². The van der Waals surface area contributed by atoms with Crippen molar-refractivity contribution in [2.45, 2.75) is 36.0 Å². The van der Waals surface area contributed by atoms with Gasteiger partial charge in [0.2, 0.25) is 0 Å². The highest BCUT2D eigenvalue weighted by Crippen LogP contribution is 2.25. The van der Waals surface area contributed by atoms with E-state index in [0.717, 1.165) is 30.6 Å². The maximum absolute atomic E-state index is 11.7. The molecule has 0 radical (unpaired) electrons. The molecule has 0 spiro atoms. The molecular weight excluding hydrogens is 324 g/mol. The number of hydrogen-bond acceptors (Lipinski definition) is 6. The van der Waals surface area contributed by atoms with Gasteiger partial charge < -0.3 is 9.47 Å². The fourth-order valence-corrected chi connectivity index (χ4v) is 4.01. The van der Waals surface area contributed by atoms with Crippen LogP contribution in [0.4, 0.5) is 0 Å². The molecule has 1 aromatic rings. The van der Waals surface area contributed by atoms with Crippen molar-refractivity contribution < 1.29 is 22.7 Å². The molecule has 0 N–H and O–H groups in total. The first-order valence-electron chi connectivity index (χ1n) is 6.26. The summed E-state index contributed by atoms with van der Waals surface area (Å²) in [6.07, 6.45) is 3.07. The summed E-state index contributed by atoms with van der Waals surface area (Å²) in [7, 11) is 1.49. The van der Waals surface area contributed by atoms with Gasteiger partial charge in [0, 0.05) is 22.2 Å². The molecule has 1 unspecified atom stereocenters. The summed E-state index contributed by atoms with van der Waals surface area (Å²) in [5.74, 6) is -0.389. The summed E-state index contributed by atoms with van der Waals surface area (Å²) in [5, 5.41) is 0. The average Bonchev–Trinajstić information content (AvgIpc) is 2.86. The molecule has 1 aliphatic rings. The normalized spacial score (nSPS) is 19.8. The first kappa shape index (κ1) is 15.8. The van der Waals surface area contributed by atoms with E-state index in [1.807, 2.05) is 0 Å². The van der Waals surface area contributed by atoms with Crippen LogP contribution in [0.25, 0.3) is 0 Å². The topological polar surface area (TPSA) is 69.7 Å². The van der Waals surface area contributed by atoms with E-state index in [9.17, 15) is 13.2 Å². The maximum atomic E-state index is 11.7. The van der Waals surface area contributed by atoms with E-state index in [1.165, 1.54) is 6.07 Å². The molecule has 0 bridgehead atoms. The quantitative estimate of drug-likeness (QED) is 0.608. The smallest absolute Gasteiger partial charge is 0.311 e. The molecule has 0 aliphatic carbocycles. The number of hydrogen-bond donors (Lipinski definition) is 0. The fourth-order valence-electron chi connectivity index (χ4n) is 1.90. The minimum absolute atomic E-state index is 0.0187. The van der Waals surface area contributed by atoms with E-state index < -0.39 is 9.05 Å². The molecular formula is C12H15ClO5S2. The average molecular weight is 339 g/mol. The second kappa shape index (κ2) is 6.89. The van der Waals surface area contributed by atoms with E-state index >= 15 is 0 Å². The van der Waals surface area contributed by atoms with Crippen molar-refractivity contribution in [3.8, 4) is 0 Å². The lowest BCUT2D eigenvalue weighted by atomic mass is 10.1. The second-order valence-corrected chi connectivity index (χ2v) is 8.47. The lowest BCUT2D eigenvalue weighted by Gasteiger charge is -2.21. The highest BCUT2D eigenvalue weighted by molar-refractivity contribution is 8.15. The van der Waals surface area contributed by atoms with Gasteiger partial charge in [-0.05, 0) is 31.4 Å². The van der Waals surface area contributed by atoms with E-state index in [0.29, 0.717) is 11.5 Å². The summed E-state index contributed by atoms with van der Waals surface area (Å²) in [5.41, 5.74) is 0. The van der Waals surface area contributed by atoms with Gasteiger partial charge in [0.05, 0.1) is 12.5 Å². The summed E-state index contributed by atoms with van der Waals surface area (Å²) < 4.78 is 32.9. The van der Waals surface area contributed by atoms with Crippen LogP contribution in [0.2, 0.25) is 0 Å². The highest BCUT2D eigenvalue weighted by Gasteiger charge is 2.18. The Hall–Kier alpha value is -0.630. The molecule has 1 aromatic heterocycles. The third-order valence-corrected chi connectivity index (χ3v) is 6.08. The zero-order valence-electron chi connectivity index (χ0n) is 10.7. The first-order valence-corrected chi connectivity index (χ1v) is 9.38. The number of carbonyl (C=O) groups is 1. The Morgan fingerprint density at radius 1 is 1.45 bits per heavy atom. The van der Waals surface area contributed by atoms with E-state index in [4.69, 9.17) is 20.2 Å². The van der Waals surface area contributed by atoms with E-state index in [1.54, 1.807) is 6.07 Å². The Balaban J connectivity index is 1.80. The third-order valence-electron chi connectivity index (χ3n) is 2.90. The molecule has 1 atom stereocenters. The maximum Gasteiger partial charge on any atom is 0.311 e. The molecule has 0 aromatic carbocycles. The van der Waals surface area contributed by atoms with Gasteiger partial charge in [-0.25, -0.2) is 8.42 Å². The van der Waals surface area contributed by atoms with Crippen LogP contribution in [0, 0.1) is 0 Å². The number of halogens is 1. The van der Waals surface area contributed by atoms with Gasteiger partial charge >= 0.3 is 5.97 Å². The number of carbonyl (C=O) groups excluding carboxylic acids is 1. The number of esters is 1. The van der Waals surface area contributed by atoms with Gasteiger partial charge in [0.15, 0.2) is 0 Å². The van der Waals surface area contributed by atoms with E-state index in [2.05, 4.69) is 0 Å². The minimum Gasteiger partial charge on any atom is -0.463 e. The molecule has 1 aliphatic heterocycles. The van der Waals surface area contributed by atoms with Crippen LogP contribution in [0.3, 0.4) is 0 Å². The van der Waals surface area contributed by atoms with Crippen LogP contribution in [-0.2, 0) is 29.7 Å². The van der Waals surface area contributed by atoms with Crippen LogP contribution in [0.1, 0.15) is 24.1 Å². The zero-order chi connectivity index (χ0) is 14.6. The molecule has 2 rings (SSSR count). The molecule has 0 saturated carbocycles. The Bertz CT molecular complexity index is 560. The number of rotatable bonds is 5. The van der Waals surface area contributed by atoms with Gasteiger partial charge in [0.1, 0.15) is 10.8 Å². The Labute approximate surface area is 126 Å². The molecule has 20 heavy (non-hydrogen) atoms. The second-order valence-electron chi connectivity index (χ2n) is 4.51. The van der Waals surface area contributed by atoms with Crippen molar-refractivity contribution in [2.24, 2.45) is 0 Å². The monoisotopic (exact) mass is 338 g/mol. The predicted octanol–water partition coefficient (Wildman–Crippen LogP) is 2.33.